The van der Waals surface area contributed by atoms with Gasteiger partial charge < -0.3 is 19.4 Å². The summed E-state index contributed by atoms with van der Waals surface area (Å²) in [6, 6.07) is 36.2. The highest BCUT2D eigenvalue weighted by Gasteiger charge is 2.29. The molecule has 5 heteroatoms. The fourth-order valence-electron chi connectivity index (χ4n) is 4.76. The average molecular weight is 475 g/mol. The zero-order chi connectivity index (χ0) is 23.4. The zero-order valence-electron chi connectivity index (χ0n) is 18.5. The molecule has 0 atom stereocenters. The maximum atomic E-state index is 6.57. The Hall–Kier alpha value is -4.41. The first kappa shape index (κ1) is 20.0. The van der Waals surface area contributed by atoms with E-state index in [0.29, 0.717) is 28.0 Å². The van der Waals surface area contributed by atoms with Crippen LogP contribution in [-0.2, 0) is 0 Å². The highest BCUT2D eigenvalue weighted by molar-refractivity contribution is 6.33. The number of hydrogen-bond acceptors (Lipinski definition) is 3. The number of aromatic nitrogens is 1. The average Bonchev–Trinajstić information content (AvgIpc) is 3.24. The van der Waals surface area contributed by atoms with Crippen molar-refractivity contribution < 1.29 is 9.47 Å². The Morgan fingerprint density at radius 1 is 0.600 bits per heavy atom. The normalized spacial score (nSPS) is 12.0. The Labute approximate surface area is 206 Å². The van der Waals surface area contributed by atoms with Gasteiger partial charge in [-0.05, 0) is 48.5 Å². The Bertz CT molecular complexity index is 1740. The summed E-state index contributed by atoms with van der Waals surface area (Å²) < 4.78 is 15.3. The van der Waals surface area contributed by atoms with Crippen LogP contribution in [-0.4, -0.2) is 4.57 Å². The molecule has 4 nitrogen and oxygen atoms in total. The molecule has 0 fully saturated rings. The predicted octanol–water partition coefficient (Wildman–Crippen LogP) is 9.08. The first-order valence-electron chi connectivity index (χ1n) is 11.4. The molecule has 35 heavy (non-hydrogen) atoms. The number of halogens is 1. The summed E-state index contributed by atoms with van der Waals surface area (Å²) in [6.45, 7) is 0. The Balaban J connectivity index is 1.58. The third kappa shape index (κ3) is 3.15. The molecule has 0 spiro atoms. The lowest BCUT2D eigenvalue weighted by atomic mass is 10.1. The van der Waals surface area contributed by atoms with Crippen molar-refractivity contribution in [3.8, 4) is 28.7 Å². The molecule has 0 amide bonds. The van der Waals surface area contributed by atoms with Gasteiger partial charge >= 0.3 is 0 Å². The molecule has 5 aromatic carbocycles. The number of anilines is 2. The minimum absolute atomic E-state index is 0.621. The van der Waals surface area contributed by atoms with Crippen molar-refractivity contribution in [2.75, 3.05) is 5.32 Å². The van der Waals surface area contributed by atoms with Gasteiger partial charge in [-0.2, -0.15) is 0 Å². The fourth-order valence-corrected chi connectivity index (χ4v) is 4.94. The highest BCUT2D eigenvalue weighted by atomic mass is 35.5. The zero-order valence-corrected chi connectivity index (χ0v) is 19.3. The maximum absolute atomic E-state index is 6.57. The number of rotatable bonds is 3. The van der Waals surface area contributed by atoms with Crippen molar-refractivity contribution in [3.05, 3.63) is 114 Å². The number of para-hydroxylation sites is 5. The van der Waals surface area contributed by atoms with E-state index in [4.69, 9.17) is 21.1 Å². The topological polar surface area (TPSA) is 35.4 Å². The van der Waals surface area contributed by atoms with Crippen LogP contribution in [0.25, 0.3) is 27.5 Å². The van der Waals surface area contributed by atoms with Crippen molar-refractivity contribution in [1.82, 2.24) is 4.57 Å². The maximum Gasteiger partial charge on any atom is 0.196 e. The Morgan fingerprint density at radius 3 is 2.06 bits per heavy atom. The lowest BCUT2D eigenvalue weighted by Gasteiger charge is -2.25. The molecular weight excluding hydrogens is 456 g/mol. The highest BCUT2D eigenvalue weighted by Crippen LogP contribution is 2.54. The Kier molecular flexibility index (Phi) is 4.47. The van der Waals surface area contributed by atoms with Crippen molar-refractivity contribution in [1.29, 1.82) is 0 Å². The van der Waals surface area contributed by atoms with Gasteiger partial charge in [0.25, 0.3) is 0 Å². The lowest BCUT2D eigenvalue weighted by molar-refractivity contribution is 0.364. The summed E-state index contributed by atoms with van der Waals surface area (Å²) >= 11 is 6.50. The molecule has 2 heterocycles. The van der Waals surface area contributed by atoms with Gasteiger partial charge in [-0.15, -0.1) is 0 Å². The van der Waals surface area contributed by atoms with E-state index in [1.165, 1.54) is 0 Å². The van der Waals surface area contributed by atoms with Crippen LogP contribution in [0.2, 0.25) is 5.02 Å². The SMILES string of the molecule is Clc1ccccc1Nc1cc2c3ccccc3n(-c3ccccc3)c2c2c1Oc1ccccc1O2. The largest absolute Gasteiger partial charge is 0.447 e. The van der Waals surface area contributed by atoms with E-state index in [9.17, 15) is 0 Å². The number of nitrogens with one attached hydrogen (secondary N) is 1. The van der Waals surface area contributed by atoms with Crippen molar-refractivity contribution in [2.24, 2.45) is 0 Å². The standard InChI is InChI=1S/C30H19ClN2O2/c31-22-13-5-6-14-23(22)32-24-18-21-20-12-4-7-15-25(20)33(19-10-2-1-3-11-19)28(21)30-29(24)34-26-16-8-9-17-27(26)35-30/h1-18,32H. The van der Waals surface area contributed by atoms with Gasteiger partial charge in [0, 0.05) is 16.5 Å². The minimum atomic E-state index is 0.621. The lowest BCUT2D eigenvalue weighted by Crippen LogP contribution is -2.05. The van der Waals surface area contributed by atoms with Crippen molar-refractivity contribution in [3.63, 3.8) is 0 Å². The molecule has 0 saturated heterocycles. The van der Waals surface area contributed by atoms with Gasteiger partial charge in [0.1, 0.15) is 5.52 Å². The predicted molar refractivity (Wildman–Crippen MR) is 142 cm³/mol. The van der Waals surface area contributed by atoms with Crippen LogP contribution in [0.5, 0.6) is 23.0 Å². The van der Waals surface area contributed by atoms with E-state index in [1.54, 1.807) is 0 Å². The minimum Gasteiger partial charge on any atom is -0.447 e. The van der Waals surface area contributed by atoms with Crippen LogP contribution < -0.4 is 14.8 Å². The van der Waals surface area contributed by atoms with E-state index in [0.717, 1.165) is 38.9 Å². The van der Waals surface area contributed by atoms with Gasteiger partial charge in [0.2, 0.25) is 0 Å². The molecule has 1 N–H and O–H groups in total. The molecule has 0 aliphatic carbocycles. The molecule has 0 saturated carbocycles. The van der Waals surface area contributed by atoms with Gasteiger partial charge in [0.15, 0.2) is 23.0 Å². The van der Waals surface area contributed by atoms with Crippen molar-refractivity contribution in [2.45, 2.75) is 0 Å². The number of fused-ring (bicyclic) bond motifs is 6. The molecule has 1 aliphatic heterocycles. The van der Waals surface area contributed by atoms with E-state index in [2.05, 4.69) is 52.3 Å². The van der Waals surface area contributed by atoms with Crippen LogP contribution >= 0.6 is 11.6 Å². The summed E-state index contributed by atoms with van der Waals surface area (Å²) in [4.78, 5) is 0. The number of nitrogens with zero attached hydrogens (tertiary/aromatic N) is 1. The third-order valence-electron chi connectivity index (χ3n) is 6.30. The van der Waals surface area contributed by atoms with Gasteiger partial charge in [-0.3, -0.25) is 0 Å². The number of ether oxygens (including phenoxy) is 2. The van der Waals surface area contributed by atoms with Gasteiger partial charge in [-0.25, -0.2) is 0 Å². The van der Waals surface area contributed by atoms with Crippen LogP contribution in [0.1, 0.15) is 0 Å². The molecular formula is C30H19ClN2O2. The van der Waals surface area contributed by atoms with Gasteiger partial charge in [0.05, 0.1) is 21.9 Å². The molecule has 168 valence electrons. The fraction of sp³-hybridized carbons (Fsp3) is 0. The van der Waals surface area contributed by atoms with E-state index < -0.39 is 0 Å². The first-order valence-corrected chi connectivity index (χ1v) is 11.8. The van der Waals surface area contributed by atoms with E-state index in [-0.39, 0.29) is 0 Å². The first-order chi connectivity index (χ1) is 17.3. The smallest absolute Gasteiger partial charge is 0.196 e. The number of benzene rings is 5. The monoisotopic (exact) mass is 474 g/mol. The van der Waals surface area contributed by atoms with E-state index >= 15 is 0 Å². The summed E-state index contributed by atoms with van der Waals surface area (Å²) in [5.41, 5.74) is 4.67. The molecule has 6 aromatic rings. The molecule has 1 aliphatic rings. The quantitative estimate of drug-likeness (QED) is 0.277. The van der Waals surface area contributed by atoms with Crippen molar-refractivity contribution >= 4 is 44.8 Å². The third-order valence-corrected chi connectivity index (χ3v) is 6.63. The Morgan fingerprint density at radius 2 is 1.26 bits per heavy atom. The molecule has 7 rings (SSSR count). The summed E-state index contributed by atoms with van der Waals surface area (Å²) in [6.07, 6.45) is 0. The molecule has 0 bridgehead atoms. The second-order valence-corrected chi connectivity index (χ2v) is 8.83. The molecule has 1 aromatic heterocycles. The second-order valence-electron chi connectivity index (χ2n) is 8.42. The van der Waals surface area contributed by atoms with Crippen LogP contribution in [0, 0.1) is 0 Å². The second kappa shape index (κ2) is 7.83. The van der Waals surface area contributed by atoms with Crippen LogP contribution in [0.3, 0.4) is 0 Å². The summed E-state index contributed by atoms with van der Waals surface area (Å²) in [5, 5.41) is 6.30. The molecule has 0 radical (unpaired) electrons. The number of hydrogen-bond donors (Lipinski definition) is 1. The van der Waals surface area contributed by atoms with Crippen LogP contribution in [0.15, 0.2) is 109 Å². The van der Waals surface area contributed by atoms with E-state index in [1.807, 2.05) is 66.7 Å². The van der Waals surface area contributed by atoms with Gasteiger partial charge in [-0.1, -0.05) is 72.3 Å². The molecule has 0 unspecified atom stereocenters. The van der Waals surface area contributed by atoms with Crippen LogP contribution in [0.4, 0.5) is 11.4 Å². The summed E-state index contributed by atoms with van der Waals surface area (Å²) in [5.74, 6) is 2.64. The summed E-state index contributed by atoms with van der Waals surface area (Å²) in [7, 11) is 0.